The Morgan fingerprint density at radius 1 is 1.04 bits per heavy atom. The van der Waals surface area contributed by atoms with Crippen LogP contribution in [0.2, 0.25) is 0 Å². The maximum Gasteiger partial charge on any atom is 0.407 e. The Hall–Kier alpha value is -2.04. The molecular weight excluding hydrogens is 340 g/mol. The summed E-state index contributed by atoms with van der Waals surface area (Å²) >= 11 is 0. The van der Waals surface area contributed by atoms with Gasteiger partial charge in [-0.1, -0.05) is 23.8 Å². The second-order valence-electron chi connectivity index (χ2n) is 8.72. The van der Waals surface area contributed by atoms with Crippen LogP contribution in [0.15, 0.2) is 18.2 Å². The molecule has 27 heavy (non-hydrogen) atoms. The molecule has 3 aliphatic carbocycles. The van der Waals surface area contributed by atoms with Gasteiger partial charge in [0.1, 0.15) is 0 Å². The van der Waals surface area contributed by atoms with Crippen LogP contribution in [-0.4, -0.2) is 43.1 Å². The van der Waals surface area contributed by atoms with Crippen LogP contribution < -0.4 is 5.32 Å². The van der Waals surface area contributed by atoms with Gasteiger partial charge in [-0.25, -0.2) is 4.79 Å². The third-order valence-corrected chi connectivity index (χ3v) is 6.65. The molecule has 4 rings (SSSR count). The van der Waals surface area contributed by atoms with E-state index >= 15 is 0 Å². The maximum absolute atomic E-state index is 12.7. The predicted molar refractivity (Wildman–Crippen MR) is 104 cm³/mol. The van der Waals surface area contributed by atoms with E-state index in [9.17, 15) is 9.59 Å². The van der Waals surface area contributed by atoms with Gasteiger partial charge in [-0.2, -0.15) is 0 Å². The van der Waals surface area contributed by atoms with Crippen molar-refractivity contribution >= 4 is 12.0 Å². The summed E-state index contributed by atoms with van der Waals surface area (Å²) < 4.78 is 4.61. The molecule has 0 spiro atoms. The number of carbonyl (C=O) groups excluding carboxylic acids is 2. The van der Waals surface area contributed by atoms with Gasteiger partial charge in [0.05, 0.1) is 7.11 Å². The van der Waals surface area contributed by atoms with Gasteiger partial charge in [-0.3, -0.25) is 4.79 Å². The van der Waals surface area contributed by atoms with Crippen LogP contribution >= 0.6 is 0 Å². The molecule has 3 saturated carbocycles. The summed E-state index contributed by atoms with van der Waals surface area (Å²) in [6.45, 7) is 2.19. The van der Waals surface area contributed by atoms with Gasteiger partial charge < -0.3 is 15.0 Å². The summed E-state index contributed by atoms with van der Waals surface area (Å²) in [5.41, 5.74) is 4.33. The van der Waals surface area contributed by atoms with Gasteiger partial charge in [0, 0.05) is 25.0 Å². The van der Waals surface area contributed by atoms with Crippen molar-refractivity contribution in [2.75, 3.05) is 14.2 Å². The van der Waals surface area contributed by atoms with Crippen molar-refractivity contribution in [3.05, 3.63) is 34.9 Å². The first kappa shape index (κ1) is 18.3. The molecule has 5 nitrogen and oxygen atoms in total. The van der Waals surface area contributed by atoms with Gasteiger partial charge in [-0.05, 0) is 68.4 Å². The number of benzene rings is 1. The number of carbonyl (C=O) groups is 2. The Kier molecular flexibility index (Phi) is 4.87. The molecule has 1 aromatic rings. The number of hydrogen-bond acceptors (Lipinski definition) is 3. The van der Waals surface area contributed by atoms with E-state index in [1.807, 2.05) is 11.9 Å². The average Bonchev–Trinajstić information content (AvgIpc) is 3.40. The topological polar surface area (TPSA) is 58.6 Å². The average molecular weight is 370 g/mol. The molecule has 0 heterocycles. The Balaban J connectivity index is 1.27. The molecule has 3 fully saturated rings. The summed E-state index contributed by atoms with van der Waals surface area (Å²) in [5, 5.41) is 2.77. The van der Waals surface area contributed by atoms with E-state index in [-0.39, 0.29) is 17.9 Å². The lowest BCUT2D eigenvalue weighted by molar-refractivity contribution is -0.141. The molecule has 5 heteroatoms. The van der Waals surface area contributed by atoms with Gasteiger partial charge in [0.25, 0.3) is 0 Å². The molecule has 0 unspecified atom stereocenters. The number of aryl methyl sites for hydroxylation is 1. The van der Waals surface area contributed by atoms with Gasteiger partial charge >= 0.3 is 6.09 Å². The first-order valence-electron chi connectivity index (χ1n) is 10.2. The normalized spacial score (nSPS) is 29.3. The number of amides is 2. The third kappa shape index (κ3) is 3.83. The quantitative estimate of drug-likeness (QED) is 0.859. The molecular formula is C22H30N2O3. The molecule has 0 aromatic heterocycles. The molecule has 0 atom stereocenters. The summed E-state index contributed by atoms with van der Waals surface area (Å²) in [6.07, 6.45) is 5.82. The summed E-state index contributed by atoms with van der Waals surface area (Å²) in [5.74, 6) is 1.63. The second-order valence-corrected chi connectivity index (χ2v) is 8.72. The maximum atomic E-state index is 12.7. The largest absolute Gasteiger partial charge is 0.453 e. The first-order chi connectivity index (χ1) is 12.9. The van der Waals surface area contributed by atoms with Crippen LogP contribution in [0.25, 0.3) is 0 Å². The van der Waals surface area contributed by atoms with E-state index < -0.39 is 6.09 Å². The fourth-order valence-electron chi connectivity index (χ4n) is 4.54. The number of ether oxygens (including phenoxy) is 1. The van der Waals surface area contributed by atoms with E-state index in [4.69, 9.17) is 0 Å². The van der Waals surface area contributed by atoms with E-state index in [2.05, 4.69) is 35.2 Å². The van der Waals surface area contributed by atoms with Crippen molar-refractivity contribution in [3.8, 4) is 0 Å². The number of nitrogens with zero attached hydrogens (tertiary/aromatic N) is 1. The number of alkyl carbamates (subject to hydrolysis) is 1. The van der Waals surface area contributed by atoms with E-state index in [0.29, 0.717) is 12.0 Å². The van der Waals surface area contributed by atoms with Crippen molar-refractivity contribution < 1.29 is 14.3 Å². The monoisotopic (exact) mass is 370 g/mol. The molecule has 0 aliphatic heterocycles. The van der Waals surface area contributed by atoms with Crippen LogP contribution in [0.1, 0.15) is 67.1 Å². The summed E-state index contributed by atoms with van der Waals surface area (Å²) in [6, 6.07) is 7.48. The van der Waals surface area contributed by atoms with Crippen LogP contribution in [0.5, 0.6) is 0 Å². The molecule has 1 aromatic carbocycles. The van der Waals surface area contributed by atoms with Gasteiger partial charge in [0.2, 0.25) is 5.91 Å². The van der Waals surface area contributed by atoms with Crippen LogP contribution in [-0.2, 0) is 9.53 Å². The fraction of sp³-hybridized carbons (Fsp3) is 0.636. The highest BCUT2D eigenvalue weighted by Crippen LogP contribution is 2.45. The zero-order valence-corrected chi connectivity index (χ0v) is 16.5. The number of methoxy groups -OCH3 is 1. The molecule has 3 aliphatic rings. The van der Waals surface area contributed by atoms with Crippen molar-refractivity contribution in [3.63, 3.8) is 0 Å². The number of hydrogen-bond donors (Lipinski definition) is 1. The summed E-state index contributed by atoms with van der Waals surface area (Å²) in [4.78, 5) is 25.9. The fourth-order valence-corrected chi connectivity index (χ4v) is 4.54. The Morgan fingerprint density at radius 3 is 2.26 bits per heavy atom. The van der Waals surface area contributed by atoms with E-state index in [0.717, 1.165) is 31.6 Å². The Bertz CT molecular complexity index is 731. The molecule has 0 saturated heterocycles. The number of rotatable bonds is 5. The van der Waals surface area contributed by atoms with Crippen molar-refractivity contribution in [1.29, 1.82) is 0 Å². The zero-order chi connectivity index (χ0) is 19.1. The standard InChI is InChI=1S/C22H30N2O3/c1-13-6-15(14-4-5-14)8-16(7-13)17-11-20(12-17)24(2)21(25)18-9-19(10-18)23-22(26)27-3/h6-8,14,17-20H,4-5,9-12H2,1-3H3,(H,23,26). The van der Waals surface area contributed by atoms with Crippen LogP contribution in [0.3, 0.4) is 0 Å². The Morgan fingerprint density at radius 2 is 1.67 bits per heavy atom. The molecule has 0 radical (unpaired) electrons. The smallest absolute Gasteiger partial charge is 0.407 e. The lowest BCUT2D eigenvalue weighted by Gasteiger charge is -2.45. The molecule has 2 amide bonds. The SMILES string of the molecule is COC(=O)NC1CC(C(=O)N(C)C2CC(c3cc(C)cc(C4CC4)c3)C2)C1. The minimum atomic E-state index is -0.412. The molecule has 146 valence electrons. The van der Waals surface area contributed by atoms with Crippen LogP contribution in [0, 0.1) is 12.8 Å². The minimum Gasteiger partial charge on any atom is -0.453 e. The second kappa shape index (κ2) is 7.17. The van der Waals surface area contributed by atoms with Crippen LogP contribution in [0.4, 0.5) is 4.79 Å². The molecule has 0 bridgehead atoms. The van der Waals surface area contributed by atoms with Gasteiger partial charge in [-0.15, -0.1) is 0 Å². The van der Waals surface area contributed by atoms with E-state index in [1.54, 1.807) is 0 Å². The van der Waals surface area contributed by atoms with Crippen molar-refractivity contribution in [2.45, 2.75) is 69.4 Å². The Labute approximate surface area is 161 Å². The highest BCUT2D eigenvalue weighted by molar-refractivity contribution is 5.80. The lowest BCUT2D eigenvalue weighted by atomic mass is 9.73. The summed E-state index contributed by atoms with van der Waals surface area (Å²) in [7, 11) is 3.30. The van der Waals surface area contributed by atoms with Crippen molar-refractivity contribution in [1.82, 2.24) is 10.2 Å². The lowest BCUT2D eigenvalue weighted by Crippen LogP contribution is -2.53. The zero-order valence-electron chi connectivity index (χ0n) is 16.5. The molecule has 1 N–H and O–H groups in total. The number of nitrogens with one attached hydrogen (secondary N) is 1. The first-order valence-corrected chi connectivity index (χ1v) is 10.2. The highest BCUT2D eigenvalue weighted by atomic mass is 16.5. The highest BCUT2D eigenvalue weighted by Gasteiger charge is 2.41. The van der Waals surface area contributed by atoms with E-state index in [1.165, 1.54) is 36.6 Å². The predicted octanol–water partition coefficient (Wildman–Crippen LogP) is 3.71. The third-order valence-electron chi connectivity index (χ3n) is 6.65. The van der Waals surface area contributed by atoms with Gasteiger partial charge in [0.15, 0.2) is 0 Å². The minimum absolute atomic E-state index is 0.0386. The van der Waals surface area contributed by atoms with Crippen molar-refractivity contribution in [2.24, 2.45) is 5.92 Å².